The summed E-state index contributed by atoms with van der Waals surface area (Å²) in [5.74, 6) is -0.321. The summed E-state index contributed by atoms with van der Waals surface area (Å²) in [4.78, 5) is 10.9. The molecule has 0 bridgehead atoms. The molecule has 3 aromatic rings. The van der Waals surface area contributed by atoms with Gasteiger partial charge in [-0.1, -0.05) is 33.6 Å². The van der Waals surface area contributed by atoms with Gasteiger partial charge < -0.3 is 19.9 Å². The normalized spacial score (nSPS) is 10.5. The Morgan fingerprint density at radius 3 is 2.47 bits per heavy atom. The van der Waals surface area contributed by atoms with Crippen LogP contribution in [0.3, 0.4) is 0 Å². The number of carboxylic acid groups (broad SMARTS) is 1. The largest absolute Gasteiger partial charge is 0.493 e. The van der Waals surface area contributed by atoms with Crippen molar-refractivity contribution in [1.82, 2.24) is 0 Å². The molecule has 30 heavy (non-hydrogen) atoms. The van der Waals surface area contributed by atoms with Gasteiger partial charge in [-0.05, 0) is 54.1 Å². The summed E-state index contributed by atoms with van der Waals surface area (Å²) in [7, 11) is 1.54. The molecule has 0 saturated carbocycles. The van der Waals surface area contributed by atoms with E-state index in [0.717, 1.165) is 15.7 Å². The Kier molecular flexibility index (Phi) is 7.18. The van der Waals surface area contributed by atoms with Crippen molar-refractivity contribution in [3.63, 3.8) is 0 Å². The maximum atomic E-state index is 13.2. The van der Waals surface area contributed by atoms with Crippen molar-refractivity contribution in [2.24, 2.45) is 0 Å². The zero-order valence-corrected chi connectivity index (χ0v) is 18.3. The molecule has 0 unspecified atom stereocenters. The van der Waals surface area contributed by atoms with Crippen molar-refractivity contribution in [2.45, 2.75) is 13.2 Å². The summed E-state index contributed by atoms with van der Waals surface area (Å²) >= 11 is 9.59. The molecule has 0 atom stereocenters. The van der Waals surface area contributed by atoms with Crippen LogP contribution in [0.25, 0.3) is 0 Å². The highest BCUT2D eigenvalue weighted by Gasteiger charge is 2.12. The number of ether oxygens (including phenoxy) is 2. The minimum absolute atomic E-state index is 0.162. The molecule has 0 aliphatic carbocycles. The Hall–Kier alpha value is -2.77. The minimum Gasteiger partial charge on any atom is -0.493 e. The molecule has 3 aromatic carbocycles. The third-order valence-electron chi connectivity index (χ3n) is 4.35. The molecule has 3 rings (SSSR count). The second kappa shape index (κ2) is 9.82. The number of carbonyl (C=O) groups is 1. The molecule has 5 nitrogen and oxygen atoms in total. The van der Waals surface area contributed by atoms with Gasteiger partial charge in [-0.15, -0.1) is 0 Å². The van der Waals surface area contributed by atoms with Crippen LogP contribution < -0.4 is 14.8 Å². The van der Waals surface area contributed by atoms with E-state index in [9.17, 15) is 9.18 Å². The van der Waals surface area contributed by atoms with Crippen molar-refractivity contribution >= 4 is 39.2 Å². The van der Waals surface area contributed by atoms with Gasteiger partial charge in [0.2, 0.25) is 0 Å². The Morgan fingerprint density at radius 2 is 1.83 bits per heavy atom. The summed E-state index contributed by atoms with van der Waals surface area (Å²) in [6.07, 6.45) is 0. The summed E-state index contributed by atoms with van der Waals surface area (Å²) in [6.45, 7) is 0.642. The predicted molar refractivity (Wildman–Crippen MR) is 117 cm³/mol. The smallest absolute Gasteiger partial charge is 0.335 e. The lowest BCUT2D eigenvalue weighted by Gasteiger charge is -2.15. The zero-order valence-electron chi connectivity index (χ0n) is 15.9. The number of carboxylic acids is 1. The average Bonchev–Trinajstić information content (AvgIpc) is 2.72. The quantitative estimate of drug-likeness (QED) is 0.394. The molecule has 0 aliphatic heterocycles. The fourth-order valence-electron chi connectivity index (χ4n) is 2.71. The fraction of sp³-hybridized carbons (Fsp3) is 0.136. The Labute approximate surface area is 186 Å². The molecular weight excluding hydrogens is 477 g/mol. The van der Waals surface area contributed by atoms with Crippen molar-refractivity contribution in [3.8, 4) is 11.5 Å². The lowest BCUT2D eigenvalue weighted by Crippen LogP contribution is -2.04. The minimum atomic E-state index is -0.966. The van der Waals surface area contributed by atoms with Crippen LogP contribution in [0.15, 0.2) is 59.1 Å². The second-order valence-electron chi connectivity index (χ2n) is 6.35. The van der Waals surface area contributed by atoms with Crippen LogP contribution in [0.4, 0.5) is 10.1 Å². The molecule has 8 heteroatoms. The monoisotopic (exact) mass is 493 g/mol. The highest BCUT2D eigenvalue weighted by atomic mass is 79.9. The molecular formula is C22H18BrClFNO4. The maximum Gasteiger partial charge on any atom is 0.335 e. The first-order chi connectivity index (χ1) is 14.4. The second-order valence-corrected chi connectivity index (χ2v) is 7.62. The van der Waals surface area contributed by atoms with E-state index in [1.165, 1.54) is 24.3 Å². The van der Waals surface area contributed by atoms with Gasteiger partial charge in [0, 0.05) is 22.3 Å². The Morgan fingerprint density at radius 1 is 1.10 bits per heavy atom. The van der Waals surface area contributed by atoms with Crippen molar-refractivity contribution < 1.29 is 23.8 Å². The van der Waals surface area contributed by atoms with E-state index >= 15 is 0 Å². The number of halogens is 3. The fourth-order valence-corrected chi connectivity index (χ4v) is 3.39. The molecule has 0 saturated heterocycles. The van der Waals surface area contributed by atoms with Gasteiger partial charge in [0.25, 0.3) is 0 Å². The SMILES string of the molecule is COc1cc(CNc2ccc(C(=O)O)cc2)c(Br)cc1OCc1ccc(F)cc1Cl. The summed E-state index contributed by atoms with van der Waals surface area (Å²) in [5, 5.41) is 12.5. The summed E-state index contributed by atoms with van der Waals surface area (Å²) in [5.41, 5.74) is 2.59. The van der Waals surface area contributed by atoms with Gasteiger partial charge in [-0.2, -0.15) is 0 Å². The van der Waals surface area contributed by atoms with Gasteiger partial charge in [0.05, 0.1) is 17.7 Å². The third-order valence-corrected chi connectivity index (χ3v) is 5.44. The van der Waals surface area contributed by atoms with Gasteiger partial charge in [-0.25, -0.2) is 9.18 Å². The number of aromatic carboxylic acids is 1. The molecule has 0 radical (unpaired) electrons. The van der Waals surface area contributed by atoms with E-state index in [1.807, 2.05) is 6.07 Å². The number of anilines is 1. The van der Waals surface area contributed by atoms with E-state index in [2.05, 4.69) is 21.2 Å². The maximum absolute atomic E-state index is 13.2. The molecule has 2 N–H and O–H groups in total. The molecule has 0 aliphatic rings. The number of benzene rings is 3. The Balaban J connectivity index is 1.70. The van der Waals surface area contributed by atoms with Crippen molar-refractivity contribution in [1.29, 1.82) is 0 Å². The molecule has 156 valence electrons. The predicted octanol–water partition coefficient (Wildman–Crippen LogP) is 6.14. The van der Waals surface area contributed by atoms with Gasteiger partial charge in [-0.3, -0.25) is 0 Å². The highest BCUT2D eigenvalue weighted by molar-refractivity contribution is 9.10. The van der Waals surface area contributed by atoms with Crippen LogP contribution in [0.1, 0.15) is 21.5 Å². The highest BCUT2D eigenvalue weighted by Crippen LogP contribution is 2.35. The standard InChI is InChI=1S/C22H18BrClFNO4/c1-29-20-8-15(11-26-17-6-3-13(4-7-17)22(27)28)18(23)10-21(20)30-12-14-2-5-16(25)9-19(14)24/h2-10,26H,11-12H2,1H3,(H,27,28). The van der Waals surface area contributed by atoms with Crippen LogP contribution in [-0.2, 0) is 13.2 Å². The number of rotatable bonds is 8. The van der Waals surface area contributed by atoms with E-state index < -0.39 is 11.8 Å². The number of hydrogen-bond donors (Lipinski definition) is 2. The van der Waals surface area contributed by atoms with Crippen molar-refractivity contribution in [3.05, 3.63) is 86.6 Å². The topological polar surface area (TPSA) is 67.8 Å². The zero-order chi connectivity index (χ0) is 21.7. The van der Waals surface area contributed by atoms with E-state index in [1.54, 1.807) is 31.4 Å². The van der Waals surface area contributed by atoms with Crippen LogP contribution in [0.2, 0.25) is 5.02 Å². The molecule has 0 aromatic heterocycles. The lowest BCUT2D eigenvalue weighted by atomic mass is 10.1. The van der Waals surface area contributed by atoms with Gasteiger partial charge >= 0.3 is 5.97 Å². The van der Waals surface area contributed by atoms with Crippen LogP contribution in [-0.4, -0.2) is 18.2 Å². The molecule has 0 amide bonds. The van der Waals surface area contributed by atoms with E-state index in [4.69, 9.17) is 26.2 Å². The van der Waals surface area contributed by atoms with Gasteiger partial charge in [0.15, 0.2) is 11.5 Å². The average molecular weight is 495 g/mol. The summed E-state index contributed by atoms with van der Waals surface area (Å²) in [6, 6.07) is 14.3. The van der Waals surface area contributed by atoms with Gasteiger partial charge in [0.1, 0.15) is 12.4 Å². The number of methoxy groups -OCH3 is 1. The molecule has 0 heterocycles. The van der Waals surface area contributed by atoms with Crippen molar-refractivity contribution in [2.75, 3.05) is 12.4 Å². The lowest BCUT2D eigenvalue weighted by molar-refractivity contribution is 0.0697. The Bertz CT molecular complexity index is 1060. The summed E-state index contributed by atoms with van der Waals surface area (Å²) < 4.78 is 25.3. The number of nitrogens with one attached hydrogen (secondary N) is 1. The first kappa shape index (κ1) is 21.9. The first-order valence-corrected chi connectivity index (χ1v) is 10.0. The molecule has 0 fully saturated rings. The first-order valence-electron chi connectivity index (χ1n) is 8.87. The van der Waals surface area contributed by atoms with Crippen LogP contribution >= 0.6 is 27.5 Å². The number of hydrogen-bond acceptors (Lipinski definition) is 4. The molecule has 0 spiro atoms. The third kappa shape index (κ3) is 5.43. The van der Waals surface area contributed by atoms with Crippen LogP contribution in [0, 0.1) is 5.82 Å². The van der Waals surface area contributed by atoms with E-state index in [0.29, 0.717) is 28.6 Å². The van der Waals surface area contributed by atoms with E-state index in [-0.39, 0.29) is 12.2 Å². The van der Waals surface area contributed by atoms with Crippen LogP contribution in [0.5, 0.6) is 11.5 Å².